The van der Waals surface area contributed by atoms with Crippen LogP contribution in [0.4, 0.5) is 10.1 Å². The van der Waals surface area contributed by atoms with Gasteiger partial charge >= 0.3 is 0 Å². The number of anilines is 1. The van der Waals surface area contributed by atoms with Gasteiger partial charge in [-0.2, -0.15) is 4.98 Å². The van der Waals surface area contributed by atoms with Crippen LogP contribution in [0, 0.1) is 12.7 Å². The van der Waals surface area contributed by atoms with Gasteiger partial charge in [0.25, 0.3) is 5.89 Å². The van der Waals surface area contributed by atoms with E-state index in [1.807, 2.05) is 0 Å². The van der Waals surface area contributed by atoms with Gasteiger partial charge in [0.2, 0.25) is 5.82 Å². The average Bonchev–Trinajstić information content (AvgIpc) is 2.94. The lowest BCUT2D eigenvalue weighted by Crippen LogP contribution is -1.88. The van der Waals surface area contributed by atoms with E-state index in [1.165, 1.54) is 6.07 Å². The van der Waals surface area contributed by atoms with E-state index in [0.717, 1.165) is 0 Å². The Bertz CT molecular complexity index is 816. The number of aryl methyl sites for hydroxylation is 1. The Balaban J connectivity index is 2.03. The average molecular weight is 304 g/mol. The van der Waals surface area contributed by atoms with Crippen LogP contribution < -0.4 is 5.73 Å². The third-order valence-corrected chi connectivity index (χ3v) is 3.41. The molecule has 1 aromatic heterocycles. The molecule has 106 valence electrons. The van der Waals surface area contributed by atoms with Crippen molar-refractivity contribution < 1.29 is 8.91 Å². The molecule has 0 aliphatic heterocycles. The fourth-order valence-corrected chi connectivity index (χ4v) is 2.09. The molecule has 3 rings (SSSR count). The van der Waals surface area contributed by atoms with E-state index in [9.17, 15) is 4.39 Å². The fraction of sp³-hybridized carbons (Fsp3) is 0.0667. The molecule has 0 atom stereocenters. The summed E-state index contributed by atoms with van der Waals surface area (Å²) in [5, 5.41) is 4.31. The molecule has 0 fully saturated rings. The van der Waals surface area contributed by atoms with Crippen LogP contribution >= 0.6 is 11.6 Å². The highest BCUT2D eigenvalue weighted by Gasteiger charge is 2.14. The van der Waals surface area contributed by atoms with Gasteiger partial charge in [-0.15, -0.1) is 0 Å². The summed E-state index contributed by atoms with van der Waals surface area (Å²) >= 11 is 6.09. The molecule has 0 saturated heterocycles. The Hall–Kier alpha value is -2.40. The molecule has 6 heteroatoms. The third kappa shape index (κ3) is 2.60. The van der Waals surface area contributed by atoms with Crippen molar-refractivity contribution in [2.24, 2.45) is 0 Å². The Morgan fingerprint density at radius 3 is 2.76 bits per heavy atom. The lowest BCUT2D eigenvalue weighted by atomic mass is 10.1. The van der Waals surface area contributed by atoms with Gasteiger partial charge in [0.15, 0.2) is 0 Å². The summed E-state index contributed by atoms with van der Waals surface area (Å²) < 4.78 is 18.8. The van der Waals surface area contributed by atoms with Crippen molar-refractivity contribution >= 4 is 17.3 Å². The van der Waals surface area contributed by atoms with Gasteiger partial charge < -0.3 is 10.3 Å². The molecule has 3 aromatic rings. The standard InChI is InChI=1S/C15H11ClFN3O/c1-8-2-3-9(6-13(8)17)14-19-15(21-20-14)11-7-10(18)4-5-12(11)16/h2-7H,18H2,1H3. The molecular weight excluding hydrogens is 293 g/mol. The number of nitrogens with zero attached hydrogens (tertiary/aromatic N) is 2. The summed E-state index contributed by atoms with van der Waals surface area (Å²) in [4.78, 5) is 4.24. The maximum Gasteiger partial charge on any atom is 0.259 e. The number of nitrogen functional groups attached to an aromatic ring is 1. The zero-order valence-corrected chi connectivity index (χ0v) is 11.9. The highest BCUT2D eigenvalue weighted by atomic mass is 35.5. The van der Waals surface area contributed by atoms with Crippen molar-refractivity contribution in [2.45, 2.75) is 6.92 Å². The summed E-state index contributed by atoms with van der Waals surface area (Å²) in [5.74, 6) is 0.214. The molecule has 0 amide bonds. The van der Waals surface area contributed by atoms with E-state index in [1.54, 1.807) is 37.3 Å². The lowest BCUT2D eigenvalue weighted by molar-refractivity contribution is 0.432. The van der Waals surface area contributed by atoms with Crippen LogP contribution in [0.3, 0.4) is 0 Å². The number of benzene rings is 2. The number of halogens is 2. The van der Waals surface area contributed by atoms with Gasteiger partial charge in [-0.1, -0.05) is 28.9 Å². The molecule has 2 N–H and O–H groups in total. The van der Waals surface area contributed by atoms with E-state index in [2.05, 4.69) is 10.1 Å². The highest BCUT2D eigenvalue weighted by Crippen LogP contribution is 2.30. The van der Waals surface area contributed by atoms with Gasteiger partial charge in [-0.05, 0) is 36.8 Å². The molecule has 0 bridgehead atoms. The Morgan fingerprint density at radius 2 is 2.00 bits per heavy atom. The Kier molecular flexibility index (Phi) is 3.35. The van der Waals surface area contributed by atoms with Gasteiger partial charge in [0.05, 0.1) is 10.6 Å². The molecule has 0 saturated carbocycles. The molecule has 0 aliphatic carbocycles. The number of hydrogen-bond donors (Lipinski definition) is 1. The van der Waals surface area contributed by atoms with E-state index >= 15 is 0 Å². The first-order valence-electron chi connectivity index (χ1n) is 6.20. The zero-order valence-electron chi connectivity index (χ0n) is 11.1. The number of aromatic nitrogens is 2. The summed E-state index contributed by atoms with van der Waals surface area (Å²) in [7, 11) is 0. The second-order valence-corrected chi connectivity index (χ2v) is 5.03. The summed E-state index contributed by atoms with van der Waals surface area (Å²) in [6.45, 7) is 1.69. The molecule has 0 spiro atoms. The molecule has 0 aliphatic rings. The first-order chi connectivity index (χ1) is 10.0. The van der Waals surface area contributed by atoms with Crippen LogP contribution in [0.2, 0.25) is 5.02 Å². The quantitative estimate of drug-likeness (QED) is 0.724. The van der Waals surface area contributed by atoms with Crippen LogP contribution in [0.25, 0.3) is 22.8 Å². The number of hydrogen-bond acceptors (Lipinski definition) is 4. The van der Waals surface area contributed by atoms with Crippen LogP contribution in [-0.2, 0) is 0 Å². The van der Waals surface area contributed by atoms with Crippen LogP contribution in [-0.4, -0.2) is 10.1 Å². The first kappa shape index (κ1) is 13.6. The first-order valence-corrected chi connectivity index (χ1v) is 6.58. The molecule has 4 nitrogen and oxygen atoms in total. The minimum Gasteiger partial charge on any atom is -0.399 e. The normalized spacial score (nSPS) is 10.8. The van der Waals surface area contributed by atoms with Crippen molar-refractivity contribution in [1.82, 2.24) is 10.1 Å². The van der Waals surface area contributed by atoms with Gasteiger partial charge in [0.1, 0.15) is 5.82 Å². The van der Waals surface area contributed by atoms with E-state index in [4.69, 9.17) is 21.9 Å². The third-order valence-electron chi connectivity index (χ3n) is 3.08. The largest absolute Gasteiger partial charge is 0.399 e. The van der Waals surface area contributed by atoms with Crippen molar-refractivity contribution in [1.29, 1.82) is 0 Å². The maximum absolute atomic E-state index is 13.6. The number of rotatable bonds is 2. The van der Waals surface area contributed by atoms with Gasteiger partial charge in [-0.3, -0.25) is 0 Å². The van der Waals surface area contributed by atoms with Gasteiger partial charge in [0, 0.05) is 11.3 Å². The van der Waals surface area contributed by atoms with Crippen molar-refractivity contribution in [3.8, 4) is 22.8 Å². The number of nitrogens with two attached hydrogens (primary N) is 1. The lowest BCUT2D eigenvalue weighted by Gasteiger charge is -2.00. The molecule has 0 radical (unpaired) electrons. The van der Waals surface area contributed by atoms with E-state index in [-0.39, 0.29) is 11.7 Å². The molecule has 2 aromatic carbocycles. The summed E-state index contributed by atoms with van der Waals surface area (Å²) in [6.07, 6.45) is 0. The van der Waals surface area contributed by atoms with E-state index in [0.29, 0.717) is 33.2 Å². The highest BCUT2D eigenvalue weighted by molar-refractivity contribution is 6.33. The predicted molar refractivity (Wildman–Crippen MR) is 79.3 cm³/mol. The smallest absolute Gasteiger partial charge is 0.259 e. The molecular formula is C15H11ClFN3O. The monoisotopic (exact) mass is 303 g/mol. The second kappa shape index (κ2) is 5.18. The van der Waals surface area contributed by atoms with Crippen LogP contribution in [0.15, 0.2) is 40.9 Å². The molecule has 1 heterocycles. The summed E-state index contributed by atoms with van der Waals surface area (Å²) in [5.41, 5.74) is 7.90. The molecule has 21 heavy (non-hydrogen) atoms. The fourth-order valence-electron chi connectivity index (χ4n) is 1.89. The minimum absolute atomic E-state index is 0.239. The predicted octanol–water partition coefficient (Wildman–Crippen LogP) is 4.09. The van der Waals surface area contributed by atoms with Crippen molar-refractivity contribution in [3.63, 3.8) is 0 Å². The zero-order chi connectivity index (χ0) is 15.0. The SMILES string of the molecule is Cc1ccc(-c2noc(-c3cc(N)ccc3Cl)n2)cc1F. The topological polar surface area (TPSA) is 64.9 Å². The Morgan fingerprint density at radius 1 is 1.19 bits per heavy atom. The van der Waals surface area contributed by atoms with Crippen molar-refractivity contribution in [3.05, 3.63) is 52.8 Å². The maximum atomic E-state index is 13.6. The molecule has 0 unspecified atom stereocenters. The van der Waals surface area contributed by atoms with Crippen molar-refractivity contribution in [2.75, 3.05) is 5.73 Å². The minimum atomic E-state index is -0.319. The van der Waals surface area contributed by atoms with Crippen LogP contribution in [0.1, 0.15) is 5.56 Å². The Labute approximate surface area is 125 Å². The second-order valence-electron chi connectivity index (χ2n) is 4.63. The van der Waals surface area contributed by atoms with E-state index < -0.39 is 0 Å². The summed E-state index contributed by atoms with van der Waals surface area (Å²) in [6, 6.07) is 9.74. The van der Waals surface area contributed by atoms with Crippen LogP contribution in [0.5, 0.6) is 0 Å². The van der Waals surface area contributed by atoms with Gasteiger partial charge in [-0.25, -0.2) is 4.39 Å².